The van der Waals surface area contributed by atoms with Gasteiger partial charge in [-0.1, -0.05) is 13.8 Å². The van der Waals surface area contributed by atoms with Crippen LogP contribution in [0.3, 0.4) is 0 Å². The summed E-state index contributed by atoms with van der Waals surface area (Å²) in [6, 6.07) is 8.98. The van der Waals surface area contributed by atoms with Crippen LogP contribution in [0.5, 0.6) is 5.75 Å². The van der Waals surface area contributed by atoms with Gasteiger partial charge in [0.1, 0.15) is 11.8 Å². The minimum atomic E-state index is -0.907. The topological polar surface area (TPSA) is 107 Å². The predicted octanol–water partition coefficient (Wildman–Crippen LogP) is 2.61. The summed E-state index contributed by atoms with van der Waals surface area (Å²) < 4.78 is 15.4. The lowest BCUT2D eigenvalue weighted by atomic mass is 10.0. The number of carbonyl (C=O) groups excluding carboxylic acids is 3. The van der Waals surface area contributed by atoms with Crippen molar-refractivity contribution >= 4 is 23.5 Å². The van der Waals surface area contributed by atoms with Crippen LogP contribution in [0, 0.1) is 5.92 Å². The number of benzene rings is 1. The van der Waals surface area contributed by atoms with Crippen LogP contribution >= 0.6 is 0 Å². The molecule has 0 aliphatic heterocycles. The molecular weight excluding hydrogens is 364 g/mol. The number of hydrogen-bond acceptors (Lipinski definition) is 6. The molecule has 0 radical (unpaired) electrons. The lowest BCUT2D eigenvalue weighted by Crippen LogP contribution is -2.45. The summed E-state index contributed by atoms with van der Waals surface area (Å²) in [4.78, 5) is 36.4. The summed E-state index contributed by atoms with van der Waals surface area (Å²) in [5.41, 5.74) is 0.552. The van der Waals surface area contributed by atoms with Crippen molar-refractivity contribution in [2.45, 2.75) is 26.8 Å². The van der Waals surface area contributed by atoms with Gasteiger partial charge in [0.2, 0.25) is 0 Å². The Labute approximate surface area is 163 Å². The number of carbonyl (C=O) groups is 3. The van der Waals surface area contributed by atoms with E-state index in [2.05, 4.69) is 10.6 Å². The van der Waals surface area contributed by atoms with Crippen LogP contribution < -0.4 is 15.4 Å². The highest BCUT2D eigenvalue weighted by Gasteiger charge is 2.27. The summed E-state index contributed by atoms with van der Waals surface area (Å²) in [7, 11) is 0. The van der Waals surface area contributed by atoms with Gasteiger partial charge in [0.15, 0.2) is 12.4 Å². The molecule has 0 bridgehead atoms. The maximum Gasteiger partial charge on any atom is 0.329 e. The number of nitrogens with one attached hydrogen (secondary N) is 2. The van der Waals surface area contributed by atoms with Crippen LogP contribution in [0.4, 0.5) is 5.69 Å². The van der Waals surface area contributed by atoms with E-state index in [1.807, 2.05) is 6.92 Å². The number of amides is 2. The van der Waals surface area contributed by atoms with Crippen LogP contribution in [0.2, 0.25) is 0 Å². The van der Waals surface area contributed by atoms with Gasteiger partial charge in [-0.2, -0.15) is 0 Å². The monoisotopic (exact) mass is 388 g/mol. The van der Waals surface area contributed by atoms with Crippen LogP contribution in [-0.4, -0.2) is 37.0 Å². The molecule has 2 rings (SSSR count). The molecule has 1 aromatic carbocycles. The van der Waals surface area contributed by atoms with Crippen LogP contribution in [0.15, 0.2) is 47.1 Å². The highest BCUT2D eigenvalue weighted by molar-refractivity contribution is 5.96. The summed E-state index contributed by atoms with van der Waals surface area (Å²) >= 11 is 0. The van der Waals surface area contributed by atoms with Gasteiger partial charge in [-0.05, 0) is 49.2 Å². The van der Waals surface area contributed by atoms with E-state index < -0.39 is 30.4 Å². The van der Waals surface area contributed by atoms with Gasteiger partial charge in [-0.15, -0.1) is 0 Å². The molecule has 0 fully saturated rings. The SMILES string of the molecule is CCOc1ccc(NC(=O)COC(=O)[C@@H](NC(=O)c2ccco2)C(C)C)cc1. The molecule has 0 spiro atoms. The van der Waals surface area contributed by atoms with Crippen molar-refractivity contribution in [3.05, 3.63) is 48.4 Å². The molecule has 2 aromatic rings. The van der Waals surface area contributed by atoms with Gasteiger partial charge >= 0.3 is 5.97 Å². The summed E-state index contributed by atoms with van der Waals surface area (Å²) in [6.45, 7) is 5.48. The van der Waals surface area contributed by atoms with Crippen molar-refractivity contribution in [1.29, 1.82) is 0 Å². The fraction of sp³-hybridized carbons (Fsp3) is 0.350. The lowest BCUT2D eigenvalue weighted by Gasteiger charge is -2.20. The zero-order chi connectivity index (χ0) is 20.5. The summed E-state index contributed by atoms with van der Waals surface area (Å²) in [5.74, 6) is -1.17. The van der Waals surface area contributed by atoms with Gasteiger partial charge in [0.25, 0.3) is 11.8 Å². The fourth-order valence-corrected chi connectivity index (χ4v) is 2.34. The third-order valence-corrected chi connectivity index (χ3v) is 3.75. The van der Waals surface area contributed by atoms with E-state index in [1.165, 1.54) is 12.3 Å². The van der Waals surface area contributed by atoms with Gasteiger partial charge in [0.05, 0.1) is 12.9 Å². The molecule has 2 N–H and O–H groups in total. The number of esters is 1. The third kappa shape index (κ3) is 6.15. The second-order valence-electron chi connectivity index (χ2n) is 6.29. The van der Waals surface area contributed by atoms with E-state index in [9.17, 15) is 14.4 Å². The first-order chi connectivity index (χ1) is 13.4. The first-order valence-electron chi connectivity index (χ1n) is 8.94. The van der Waals surface area contributed by atoms with E-state index >= 15 is 0 Å². The molecule has 1 atom stereocenters. The lowest BCUT2D eigenvalue weighted by molar-refractivity contribution is -0.150. The average molecular weight is 388 g/mol. The Morgan fingerprint density at radius 1 is 1.11 bits per heavy atom. The van der Waals surface area contributed by atoms with Crippen molar-refractivity contribution in [1.82, 2.24) is 5.32 Å². The number of hydrogen-bond donors (Lipinski definition) is 2. The Kier molecular flexibility index (Phi) is 7.62. The van der Waals surface area contributed by atoms with Gasteiger partial charge < -0.3 is 24.5 Å². The van der Waals surface area contributed by atoms with Crippen molar-refractivity contribution in [3.8, 4) is 5.75 Å². The summed E-state index contributed by atoms with van der Waals surface area (Å²) in [5, 5.41) is 5.18. The van der Waals surface area contributed by atoms with E-state index in [1.54, 1.807) is 44.2 Å². The molecule has 1 heterocycles. The van der Waals surface area contributed by atoms with E-state index in [-0.39, 0.29) is 11.7 Å². The van der Waals surface area contributed by atoms with Gasteiger partial charge in [-0.3, -0.25) is 9.59 Å². The Morgan fingerprint density at radius 2 is 1.82 bits per heavy atom. The zero-order valence-corrected chi connectivity index (χ0v) is 16.1. The Hall–Kier alpha value is -3.29. The minimum Gasteiger partial charge on any atom is -0.494 e. The standard InChI is InChI=1S/C20H24N2O6/c1-4-26-15-9-7-14(8-10-15)21-17(23)12-28-20(25)18(13(2)3)22-19(24)16-6-5-11-27-16/h5-11,13,18H,4,12H2,1-3H3,(H,21,23)(H,22,24)/t18-/m0/s1. The van der Waals surface area contributed by atoms with Crippen LogP contribution in [0.1, 0.15) is 31.3 Å². The molecular formula is C20H24N2O6. The smallest absolute Gasteiger partial charge is 0.329 e. The number of furan rings is 1. The Morgan fingerprint density at radius 3 is 2.39 bits per heavy atom. The maximum atomic E-state index is 12.3. The molecule has 0 unspecified atom stereocenters. The number of ether oxygens (including phenoxy) is 2. The average Bonchev–Trinajstić information content (AvgIpc) is 3.20. The molecule has 0 saturated carbocycles. The predicted molar refractivity (Wildman–Crippen MR) is 102 cm³/mol. The molecule has 1 aromatic heterocycles. The number of anilines is 1. The first kappa shape index (κ1) is 21.0. The largest absolute Gasteiger partial charge is 0.494 e. The molecule has 2 amide bonds. The van der Waals surface area contributed by atoms with Crippen molar-refractivity contribution in [2.24, 2.45) is 5.92 Å². The zero-order valence-electron chi connectivity index (χ0n) is 16.1. The van der Waals surface area contributed by atoms with Crippen molar-refractivity contribution in [3.63, 3.8) is 0 Å². The third-order valence-electron chi connectivity index (χ3n) is 3.75. The van der Waals surface area contributed by atoms with Crippen molar-refractivity contribution < 1.29 is 28.3 Å². The first-order valence-corrected chi connectivity index (χ1v) is 8.94. The van der Waals surface area contributed by atoms with E-state index in [0.29, 0.717) is 18.0 Å². The van der Waals surface area contributed by atoms with Gasteiger partial charge in [0, 0.05) is 5.69 Å². The maximum absolute atomic E-state index is 12.3. The normalized spacial score (nSPS) is 11.6. The quantitative estimate of drug-likeness (QED) is 0.640. The van der Waals surface area contributed by atoms with Crippen LogP contribution in [-0.2, 0) is 14.3 Å². The number of rotatable bonds is 9. The molecule has 8 heteroatoms. The molecule has 0 aliphatic carbocycles. The molecule has 150 valence electrons. The molecule has 0 aliphatic rings. The highest BCUT2D eigenvalue weighted by atomic mass is 16.5. The molecule has 28 heavy (non-hydrogen) atoms. The Bertz CT molecular complexity index is 784. The molecule has 0 saturated heterocycles. The molecule has 8 nitrogen and oxygen atoms in total. The minimum absolute atomic E-state index is 0.0895. The van der Waals surface area contributed by atoms with E-state index in [4.69, 9.17) is 13.9 Å². The summed E-state index contributed by atoms with van der Waals surface area (Å²) in [6.07, 6.45) is 1.36. The van der Waals surface area contributed by atoms with Gasteiger partial charge in [-0.25, -0.2) is 4.79 Å². The second kappa shape index (κ2) is 10.1. The second-order valence-corrected chi connectivity index (χ2v) is 6.29. The fourth-order valence-electron chi connectivity index (χ4n) is 2.34. The van der Waals surface area contributed by atoms with Crippen LogP contribution in [0.25, 0.3) is 0 Å². The Balaban J connectivity index is 1.85. The van der Waals surface area contributed by atoms with Crippen molar-refractivity contribution in [2.75, 3.05) is 18.5 Å². The van der Waals surface area contributed by atoms with E-state index in [0.717, 1.165) is 0 Å². The highest BCUT2D eigenvalue weighted by Crippen LogP contribution is 2.15.